The maximum atomic E-state index is 12.7. The fraction of sp³-hybridized carbons (Fsp3) is 0.739. The lowest BCUT2D eigenvalue weighted by atomic mass is 9.98. The van der Waals surface area contributed by atoms with Crippen LogP contribution in [0.5, 0.6) is 5.88 Å². The van der Waals surface area contributed by atoms with Crippen LogP contribution in [0.1, 0.15) is 32.6 Å². The van der Waals surface area contributed by atoms with Gasteiger partial charge in [0, 0.05) is 39.3 Å². The van der Waals surface area contributed by atoms with Crippen molar-refractivity contribution < 1.29 is 27.5 Å². The molecule has 198 valence electrons. The Morgan fingerprint density at radius 1 is 1.11 bits per heavy atom. The highest BCUT2D eigenvalue weighted by molar-refractivity contribution is 7.89. The summed E-state index contributed by atoms with van der Waals surface area (Å²) in [6, 6.07) is 0. The summed E-state index contributed by atoms with van der Waals surface area (Å²) in [7, 11) is -1.60. The third-order valence-electron chi connectivity index (χ3n) is 7.52. The molecular formula is C23H34N6O6S. The van der Waals surface area contributed by atoms with Gasteiger partial charge in [0.05, 0.1) is 25.5 Å². The van der Waals surface area contributed by atoms with E-state index in [2.05, 4.69) is 9.97 Å². The van der Waals surface area contributed by atoms with Crippen molar-refractivity contribution >= 4 is 27.8 Å². The van der Waals surface area contributed by atoms with Crippen LogP contribution >= 0.6 is 0 Å². The van der Waals surface area contributed by atoms with E-state index in [1.54, 1.807) is 4.90 Å². The van der Waals surface area contributed by atoms with Crippen molar-refractivity contribution in [3.63, 3.8) is 0 Å². The summed E-state index contributed by atoms with van der Waals surface area (Å²) in [5, 5.41) is -0.440. The highest BCUT2D eigenvalue weighted by Crippen LogP contribution is 2.39. The van der Waals surface area contributed by atoms with Gasteiger partial charge in [-0.25, -0.2) is 23.2 Å². The van der Waals surface area contributed by atoms with Gasteiger partial charge in [-0.2, -0.15) is 4.31 Å². The maximum absolute atomic E-state index is 12.7. The number of likely N-dealkylation sites (tertiary alicyclic amines) is 2. The normalized spacial score (nSPS) is 23.9. The smallest absolute Gasteiger partial charge is 0.410 e. The molecule has 3 saturated heterocycles. The van der Waals surface area contributed by atoms with E-state index >= 15 is 0 Å². The number of piperidine rings is 1. The zero-order valence-corrected chi connectivity index (χ0v) is 21.7. The Labute approximate surface area is 211 Å². The van der Waals surface area contributed by atoms with Gasteiger partial charge in [-0.05, 0) is 45.6 Å². The molecule has 0 bridgehead atoms. The van der Waals surface area contributed by atoms with Crippen LogP contribution in [0, 0.1) is 5.92 Å². The predicted molar refractivity (Wildman–Crippen MR) is 130 cm³/mol. The molecular weight excluding hydrogens is 488 g/mol. The average molecular weight is 523 g/mol. The molecule has 1 saturated carbocycles. The van der Waals surface area contributed by atoms with Crippen LogP contribution in [0.25, 0.3) is 0 Å². The van der Waals surface area contributed by atoms with E-state index in [-0.39, 0.29) is 37.2 Å². The van der Waals surface area contributed by atoms with Crippen molar-refractivity contribution in [3.8, 4) is 5.88 Å². The lowest BCUT2D eigenvalue weighted by molar-refractivity contribution is -0.120. The van der Waals surface area contributed by atoms with Gasteiger partial charge in [-0.1, -0.05) is 0 Å². The fourth-order valence-corrected chi connectivity index (χ4v) is 6.65. The van der Waals surface area contributed by atoms with Crippen LogP contribution in [0.4, 0.5) is 10.6 Å². The number of rotatable bonds is 7. The van der Waals surface area contributed by atoms with Gasteiger partial charge in [-0.15, -0.1) is 0 Å². The summed E-state index contributed by atoms with van der Waals surface area (Å²) in [5.41, 5.74) is -0.259. The third kappa shape index (κ3) is 5.42. The molecule has 0 radical (unpaired) electrons. The quantitative estimate of drug-likeness (QED) is 0.505. The molecule has 4 heterocycles. The first-order chi connectivity index (χ1) is 17.1. The van der Waals surface area contributed by atoms with Gasteiger partial charge in [0.1, 0.15) is 10.9 Å². The molecule has 4 fully saturated rings. The van der Waals surface area contributed by atoms with Crippen LogP contribution in [-0.2, 0) is 19.6 Å². The number of ether oxygens (including phenoxy) is 2. The second-order valence-electron chi connectivity index (χ2n) is 10.5. The highest BCUT2D eigenvalue weighted by atomic mass is 32.2. The SMILES string of the molecule is CN1CC(S(=O)(=O)N2CCN(c3cnc(OCC4CCN(C(=O)OC5(C)CC5)CC4)cn3)C(=O)C2)C1. The molecule has 0 spiro atoms. The van der Waals surface area contributed by atoms with Gasteiger partial charge in [0.2, 0.25) is 21.8 Å². The van der Waals surface area contributed by atoms with E-state index in [1.165, 1.54) is 21.6 Å². The van der Waals surface area contributed by atoms with Crippen LogP contribution in [0.3, 0.4) is 0 Å². The Kier molecular flexibility index (Phi) is 6.81. The minimum Gasteiger partial charge on any atom is -0.476 e. The molecule has 36 heavy (non-hydrogen) atoms. The second-order valence-corrected chi connectivity index (χ2v) is 12.8. The molecule has 2 amide bonds. The maximum Gasteiger partial charge on any atom is 0.410 e. The number of aromatic nitrogens is 2. The number of amides is 2. The average Bonchev–Trinajstić information content (AvgIpc) is 3.57. The Hall–Kier alpha value is -2.51. The second kappa shape index (κ2) is 9.75. The molecule has 12 nitrogen and oxygen atoms in total. The Morgan fingerprint density at radius 3 is 2.42 bits per heavy atom. The zero-order chi connectivity index (χ0) is 25.5. The molecule has 0 unspecified atom stereocenters. The summed E-state index contributed by atoms with van der Waals surface area (Å²) in [4.78, 5) is 38.7. The summed E-state index contributed by atoms with van der Waals surface area (Å²) in [6.45, 7) is 5.00. The molecule has 1 aromatic rings. The minimum absolute atomic E-state index is 0.187. The number of hydrogen-bond donors (Lipinski definition) is 0. The highest BCUT2D eigenvalue weighted by Gasteiger charge is 2.43. The fourth-order valence-electron chi connectivity index (χ4n) is 4.71. The van der Waals surface area contributed by atoms with E-state index in [0.29, 0.717) is 50.4 Å². The summed E-state index contributed by atoms with van der Waals surface area (Å²) in [5.74, 6) is 0.731. The lowest BCUT2D eigenvalue weighted by Gasteiger charge is -2.40. The lowest BCUT2D eigenvalue weighted by Crippen LogP contribution is -2.60. The predicted octanol–water partition coefficient (Wildman–Crippen LogP) is 0.549. The Bertz CT molecular complexity index is 1080. The first-order valence-corrected chi connectivity index (χ1v) is 14.0. The Balaban J connectivity index is 1.06. The number of carbonyl (C=O) groups excluding carboxylic acids is 2. The molecule has 4 aliphatic rings. The van der Waals surface area contributed by atoms with Crippen LogP contribution in [0.2, 0.25) is 0 Å². The molecule has 1 aliphatic carbocycles. The largest absolute Gasteiger partial charge is 0.476 e. The Morgan fingerprint density at radius 2 is 1.83 bits per heavy atom. The number of anilines is 1. The van der Waals surface area contributed by atoms with Gasteiger partial charge in [0.15, 0.2) is 5.82 Å². The third-order valence-corrected chi connectivity index (χ3v) is 9.69. The number of piperazine rings is 1. The summed E-state index contributed by atoms with van der Waals surface area (Å²) >= 11 is 0. The molecule has 5 rings (SSSR count). The van der Waals surface area contributed by atoms with Crippen molar-refractivity contribution in [1.82, 2.24) is 24.1 Å². The van der Waals surface area contributed by atoms with E-state index in [9.17, 15) is 18.0 Å². The van der Waals surface area contributed by atoms with E-state index in [0.717, 1.165) is 25.7 Å². The first-order valence-electron chi connectivity index (χ1n) is 12.5. The number of carbonyl (C=O) groups is 2. The first kappa shape index (κ1) is 25.2. The van der Waals surface area contributed by atoms with Gasteiger partial charge < -0.3 is 19.3 Å². The van der Waals surface area contributed by atoms with Crippen molar-refractivity contribution in [1.29, 1.82) is 0 Å². The number of sulfonamides is 1. The summed E-state index contributed by atoms with van der Waals surface area (Å²) in [6.07, 6.45) is 6.28. The van der Waals surface area contributed by atoms with E-state index in [4.69, 9.17) is 9.47 Å². The molecule has 3 aliphatic heterocycles. The molecule has 13 heteroatoms. The monoisotopic (exact) mass is 522 g/mol. The summed E-state index contributed by atoms with van der Waals surface area (Å²) < 4.78 is 38.1. The molecule has 0 atom stereocenters. The van der Waals surface area contributed by atoms with Gasteiger partial charge >= 0.3 is 6.09 Å². The minimum atomic E-state index is -3.48. The van der Waals surface area contributed by atoms with Crippen molar-refractivity contribution in [3.05, 3.63) is 12.4 Å². The molecule has 1 aromatic heterocycles. The van der Waals surface area contributed by atoms with Crippen LogP contribution < -0.4 is 9.64 Å². The molecule has 0 aromatic carbocycles. The van der Waals surface area contributed by atoms with Crippen molar-refractivity contribution in [2.24, 2.45) is 5.92 Å². The van der Waals surface area contributed by atoms with Crippen molar-refractivity contribution in [2.45, 2.75) is 43.5 Å². The number of nitrogens with zero attached hydrogens (tertiary/aromatic N) is 6. The van der Waals surface area contributed by atoms with Gasteiger partial charge in [0.25, 0.3) is 0 Å². The van der Waals surface area contributed by atoms with Gasteiger partial charge in [-0.3, -0.25) is 9.69 Å². The standard InChI is InChI=1S/C23H34N6O6S/c1-23(5-6-23)35-22(31)27-7-3-17(4-8-27)16-34-20-12-24-19(11-25-20)29-10-9-28(15-21(29)30)36(32,33)18-13-26(2)14-18/h11-12,17-18H,3-10,13-16H2,1-2H3. The van der Waals surface area contributed by atoms with Crippen molar-refractivity contribution in [2.75, 3.05) is 64.4 Å². The zero-order valence-electron chi connectivity index (χ0n) is 20.8. The van der Waals surface area contributed by atoms with E-state index in [1.807, 2.05) is 18.9 Å². The van der Waals surface area contributed by atoms with Crippen LogP contribution in [-0.4, -0.2) is 115 Å². The van der Waals surface area contributed by atoms with E-state index < -0.39 is 15.3 Å². The number of hydrogen-bond acceptors (Lipinski definition) is 9. The van der Waals surface area contributed by atoms with Crippen LogP contribution in [0.15, 0.2) is 12.4 Å². The topological polar surface area (TPSA) is 125 Å². The molecule has 0 N–H and O–H groups in total.